The molecular formula is C18H30O5. The zero-order chi connectivity index (χ0) is 17.7. The van der Waals surface area contributed by atoms with Crippen LogP contribution in [0.15, 0.2) is 24.3 Å². The molecule has 0 amide bonds. The summed E-state index contributed by atoms with van der Waals surface area (Å²) in [6, 6.07) is 0. The fourth-order valence-corrected chi connectivity index (χ4v) is 2.22. The molecule has 0 aliphatic heterocycles. The summed E-state index contributed by atoms with van der Waals surface area (Å²) < 4.78 is 5.13. The van der Waals surface area contributed by atoms with Crippen LogP contribution < -0.4 is 0 Å². The molecule has 0 saturated heterocycles. The zero-order valence-corrected chi connectivity index (χ0v) is 14.4. The molecule has 2 rings (SSSR count). The largest absolute Gasteiger partial charge is 0.459 e. The summed E-state index contributed by atoms with van der Waals surface area (Å²) in [4.78, 5) is 24.2. The molecule has 0 aromatic carbocycles. The Bertz CT molecular complexity index is 383. The number of carbonyl (C=O) groups is 2. The molecule has 2 saturated carbocycles. The van der Waals surface area contributed by atoms with Gasteiger partial charge in [0.1, 0.15) is 6.10 Å². The van der Waals surface area contributed by atoms with Crippen molar-refractivity contribution in [1.29, 1.82) is 0 Å². The number of carbonyl (C=O) groups excluding carboxylic acids is 2. The number of esters is 1. The third-order valence-electron chi connectivity index (χ3n) is 3.61. The third-order valence-corrected chi connectivity index (χ3v) is 3.61. The lowest BCUT2D eigenvalue weighted by Gasteiger charge is -2.10. The topological polar surface area (TPSA) is 72.8 Å². The van der Waals surface area contributed by atoms with E-state index in [9.17, 15) is 9.59 Å². The summed E-state index contributed by atoms with van der Waals surface area (Å²) in [5, 5.41) is 7.59. The van der Waals surface area contributed by atoms with Gasteiger partial charge >= 0.3 is 11.9 Å². The summed E-state index contributed by atoms with van der Waals surface area (Å²) in [7, 11) is 0. The molecule has 0 radical (unpaired) electrons. The normalized spacial score (nSPS) is 16.3. The van der Waals surface area contributed by atoms with Crippen LogP contribution in [0, 0.1) is 0 Å². The molecule has 2 aliphatic rings. The first kappa shape index (κ1) is 21.4. The Hall–Kier alpha value is -1.62. The highest BCUT2D eigenvalue weighted by molar-refractivity contribution is 5.87. The summed E-state index contributed by atoms with van der Waals surface area (Å²) >= 11 is 0. The first-order valence-corrected chi connectivity index (χ1v) is 8.26. The number of hydrogen-bond donors (Lipinski definition) is 1. The van der Waals surface area contributed by atoms with E-state index >= 15 is 0 Å². The molecule has 0 atom stereocenters. The molecular weight excluding hydrogens is 296 g/mol. The standard InChI is InChI=1S/C9H14O2.C5H10.C4H6O3/c1-7(2)9(10)11-8-5-3-4-6-8;1-2-4-5-3-1;1-3(2)4(5)7-6/h8H,1,3-6H2,2H3;1-5H2;6H,1H2,2H3. The summed E-state index contributed by atoms with van der Waals surface area (Å²) in [6.07, 6.45) is 12.1. The zero-order valence-electron chi connectivity index (χ0n) is 14.4. The van der Waals surface area contributed by atoms with Crippen molar-refractivity contribution >= 4 is 11.9 Å². The lowest BCUT2D eigenvalue weighted by molar-refractivity contribution is -0.229. The van der Waals surface area contributed by atoms with E-state index in [-0.39, 0.29) is 17.6 Å². The molecule has 2 aliphatic carbocycles. The summed E-state index contributed by atoms with van der Waals surface area (Å²) in [6.45, 7) is 9.83. The Morgan fingerprint density at radius 2 is 1.22 bits per heavy atom. The molecule has 0 aromatic heterocycles. The predicted molar refractivity (Wildman–Crippen MR) is 89.8 cm³/mol. The molecule has 0 unspecified atom stereocenters. The van der Waals surface area contributed by atoms with E-state index in [0.29, 0.717) is 5.57 Å². The second kappa shape index (κ2) is 12.9. The molecule has 5 heteroatoms. The molecule has 2 fully saturated rings. The van der Waals surface area contributed by atoms with Crippen LogP contribution in [-0.4, -0.2) is 23.3 Å². The van der Waals surface area contributed by atoms with Crippen molar-refractivity contribution in [2.45, 2.75) is 77.7 Å². The van der Waals surface area contributed by atoms with Gasteiger partial charge in [0.05, 0.1) is 0 Å². The Morgan fingerprint density at radius 3 is 1.48 bits per heavy atom. The van der Waals surface area contributed by atoms with Crippen LogP contribution >= 0.6 is 0 Å². The first-order chi connectivity index (χ1) is 10.9. The molecule has 5 nitrogen and oxygen atoms in total. The number of rotatable bonds is 3. The van der Waals surface area contributed by atoms with Crippen molar-refractivity contribution in [3.63, 3.8) is 0 Å². The molecule has 0 aromatic rings. The highest BCUT2D eigenvalue weighted by Crippen LogP contribution is 2.21. The van der Waals surface area contributed by atoms with Crippen LogP contribution in [0.5, 0.6) is 0 Å². The second-order valence-electron chi connectivity index (χ2n) is 6.02. The van der Waals surface area contributed by atoms with Gasteiger partial charge in [0.25, 0.3) is 0 Å². The second-order valence-corrected chi connectivity index (χ2v) is 6.02. The fraction of sp³-hybridized carbons (Fsp3) is 0.667. The SMILES string of the molecule is C1CCCC1.C=C(C)C(=O)OC1CCCC1.C=C(C)C(=O)OO. The van der Waals surface area contributed by atoms with E-state index in [0.717, 1.165) is 12.8 Å². The fourth-order valence-electron chi connectivity index (χ4n) is 2.22. The van der Waals surface area contributed by atoms with Gasteiger partial charge in [-0.3, -0.25) is 4.89 Å². The Morgan fingerprint density at radius 1 is 0.826 bits per heavy atom. The summed E-state index contributed by atoms with van der Waals surface area (Å²) in [5.41, 5.74) is 0.680. The maximum absolute atomic E-state index is 11.0. The molecule has 23 heavy (non-hydrogen) atoms. The van der Waals surface area contributed by atoms with Gasteiger partial charge in [-0.05, 0) is 39.5 Å². The lowest BCUT2D eigenvalue weighted by atomic mass is 10.3. The van der Waals surface area contributed by atoms with Crippen LogP contribution in [0.25, 0.3) is 0 Å². The van der Waals surface area contributed by atoms with Gasteiger partial charge in [0.15, 0.2) is 0 Å². The summed E-state index contributed by atoms with van der Waals surface area (Å²) in [5.74, 6) is -1.03. The average Bonchev–Trinajstić information content (AvgIpc) is 3.22. The van der Waals surface area contributed by atoms with Gasteiger partial charge in [-0.25, -0.2) is 9.59 Å². The third kappa shape index (κ3) is 11.6. The molecule has 1 N–H and O–H groups in total. The van der Waals surface area contributed by atoms with Gasteiger partial charge in [-0.15, -0.1) is 0 Å². The minimum absolute atomic E-state index is 0.166. The molecule has 0 spiro atoms. The minimum Gasteiger partial charge on any atom is -0.459 e. The monoisotopic (exact) mass is 326 g/mol. The number of ether oxygens (including phenoxy) is 1. The Balaban J connectivity index is 0.000000345. The quantitative estimate of drug-likeness (QED) is 0.356. The van der Waals surface area contributed by atoms with Crippen molar-refractivity contribution in [2.24, 2.45) is 0 Å². The van der Waals surface area contributed by atoms with Gasteiger partial charge < -0.3 is 4.74 Å². The highest BCUT2D eigenvalue weighted by atomic mass is 17.1. The van der Waals surface area contributed by atoms with Gasteiger partial charge in [0.2, 0.25) is 0 Å². The maximum atomic E-state index is 11.0. The van der Waals surface area contributed by atoms with Gasteiger partial charge in [0, 0.05) is 11.1 Å². The van der Waals surface area contributed by atoms with Crippen molar-refractivity contribution in [3.8, 4) is 0 Å². The van der Waals surface area contributed by atoms with Gasteiger partial charge in [-0.1, -0.05) is 45.3 Å². The van der Waals surface area contributed by atoms with E-state index in [1.54, 1.807) is 6.92 Å². The van der Waals surface area contributed by atoms with E-state index in [4.69, 9.17) is 9.99 Å². The van der Waals surface area contributed by atoms with Crippen molar-refractivity contribution < 1.29 is 24.5 Å². The minimum atomic E-state index is -0.792. The van der Waals surface area contributed by atoms with E-state index < -0.39 is 5.97 Å². The smallest absolute Gasteiger partial charge is 0.367 e. The van der Waals surface area contributed by atoms with Crippen LogP contribution in [-0.2, 0) is 19.2 Å². The van der Waals surface area contributed by atoms with Crippen molar-refractivity contribution in [1.82, 2.24) is 0 Å². The van der Waals surface area contributed by atoms with E-state index in [2.05, 4.69) is 18.0 Å². The molecule has 0 bridgehead atoms. The van der Waals surface area contributed by atoms with E-state index in [1.165, 1.54) is 51.9 Å². The van der Waals surface area contributed by atoms with Crippen molar-refractivity contribution in [2.75, 3.05) is 0 Å². The van der Waals surface area contributed by atoms with Crippen LogP contribution in [0.3, 0.4) is 0 Å². The molecule has 0 heterocycles. The Labute approximate surface area is 139 Å². The average molecular weight is 326 g/mol. The maximum Gasteiger partial charge on any atom is 0.367 e. The number of hydrogen-bond acceptors (Lipinski definition) is 5. The van der Waals surface area contributed by atoms with Gasteiger partial charge in [-0.2, -0.15) is 5.26 Å². The van der Waals surface area contributed by atoms with Crippen LogP contribution in [0.2, 0.25) is 0 Å². The van der Waals surface area contributed by atoms with Crippen molar-refractivity contribution in [3.05, 3.63) is 24.3 Å². The molecule has 132 valence electrons. The van der Waals surface area contributed by atoms with Crippen LogP contribution in [0.1, 0.15) is 71.6 Å². The first-order valence-electron chi connectivity index (χ1n) is 8.26. The predicted octanol–water partition coefficient (Wildman–Crippen LogP) is 4.58. The van der Waals surface area contributed by atoms with Crippen LogP contribution in [0.4, 0.5) is 0 Å². The van der Waals surface area contributed by atoms with E-state index in [1.807, 2.05) is 0 Å². The highest BCUT2D eigenvalue weighted by Gasteiger charge is 2.18. The Kier molecular flexibility index (Phi) is 12.0. The lowest BCUT2D eigenvalue weighted by Crippen LogP contribution is -2.14.